The number of nitrogens with one attached hydrogen (secondary N) is 1. The van der Waals surface area contributed by atoms with Crippen LogP contribution < -0.4 is 5.32 Å². The molecule has 1 heterocycles. The largest absolute Gasteiger partial charge is 0.481 e. The van der Waals surface area contributed by atoms with Crippen molar-refractivity contribution in [3.05, 3.63) is 0 Å². The van der Waals surface area contributed by atoms with Crippen molar-refractivity contribution < 1.29 is 14.7 Å². The number of carbonyl (C=O) groups is 2. The fourth-order valence-corrected chi connectivity index (χ4v) is 3.13. The minimum absolute atomic E-state index is 0.104. The molecule has 5 heteroatoms. The molecule has 2 amide bonds. The van der Waals surface area contributed by atoms with E-state index in [1.807, 2.05) is 0 Å². The Morgan fingerprint density at radius 2 is 1.95 bits per heavy atom. The van der Waals surface area contributed by atoms with E-state index in [4.69, 9.17) is 5.11 Å². The highest BCUT2D eigenvalue weighted by Crippen LogP contribution is 2.37. The zero-order valence-electron chi connectivity index (χ0n) is 12.0. The summed E-state index contributed by atoms with van der Waals surface area (Å²) in [7, 11) is 0. The highest BCUT2D eigenvalue weighted by molar-refractivity contribution is 5.79. The normalized spacial score (nSPS) is 33.4. The lowest BCUT2D eigenvalue weighted by molar-refractivity contribution is -0.146. The van der Waals surface area contributed by atoms with Crippen LogP contribution in [0.2, 0.25) is 0 Å². The summed E-state index contributed by atoms with van der Waals surface area (Å²) in [5, 5.41) is 12.2. The zero-order valence-corrected chi connectivity index (χ0v) is 12.0. The number of hydrogen-bond donors (Lipinski definition) is 2. The topological polar surface area (TPSA) is 69.6 Å². The minimum Gasteiger partial charge on any atom is -0.481 e. The maximum Gasteiger partial charge on any atom is 0.317 e. The summed E-state index contributed by atoms with van der Waals surface area (Å²) in [6.45, 7) is 6.99. The number of urea groups is 1. The Morgan fingerprint density at radius 3 is 2.42 bits per heavy atom. The van der Waals surface area contributed by atoms with Gasteiger partial charge in [-0.25, -0.2) is 4.79 Å². The van der Waals surface area contributed by atoms with Gasteiger partial charge in [0.2, 0.25) is 0 Å². The van der Waals surface area contributed by atoms with Crippen LogP contribution in [0.15, 0.2) is 0 Å². The third-order valence-corrected chi connectivity index (χ3v) is 4.57. The number of amides is 2. The van der Waals surface area contributed by atoms with Crippen molar-refractivity contribution in [1.82, 2.24) is 10.2 Å². The monoisotopic (exact) mass is 268 g/mol. The van der Waals surface area contributed by atoms with Gasteiger partial charge in [0.25, 0.3) is 0 Å². The summed E-state index contributed by atoms with van der Waals surface area (Å²) in [6.07, 6.45) is 3.68. The smallest absolute Gasteiger partial charge is 0.317 e. The highest BCUT2D eigenvalue weighted by Gasteiger charge is 2.42. The first kappa shape index (κ1) is 14.2. The van der Waals surface area contributed by atoms with Gasteiger partial charge >= 0.3 is 12.0 Å². The number of hydrogen-bond acceptors (Lipinski definition) is 2. The van der Waals surface area contributed by atoms with Gasteiger partial charge in [-0.3, -0.25) is 4.79 Å². The molecule has 0 radical (unpaired) electrons. The molecule has 2 rings (SSSR count). The number of aliphatic carboxylic acids is 1. The van der Waals surface area contributed by atoms with E-state index in [9.17, 15) is 9.59 Å². The summed E-state index contributed by atoms with van der Waals surface area (Å²) < 4.78 is 0. The molecular formula is C14H24N2O3. The van der Waals surface area contributed by atoms with E-state index in [1.54, 1.807) is 11.8 Å². The van der Waals surface area contributed by atoms with Crippen LogP contribution in [-0.4, -0.2) is 41.1 Å². The standard InChI is InChI=1S/C14H24N2O3/c1-13(2)5-4-10(8-13)15-12(19)16-7-6-14(3,9-16)11(17)18/h10H,4-9H2,1-3H3,(H,15,19)(H,17,18). The lowest BCUT2D eigenvalue weighted by atomic mass is 9.90. The molecule has 2 unspecified atom stereocenters. The van der Waals surface area contributed by atoms with Crippen LogP contribution in [0.3, 0.4) is 0 Å². The summed E-state index contributed by atoms with van der Waals surface area (Å²) in [4.78, 5) is 24.9. The molecule has 2 aliphatic rings. The second-order valence-electron chi connectivity index (χ2n) is 7.09. The first-order chi connectivity index (χ1) is 8.72. The molecule has 0 aromatic carbocycles. The Kier molecular flexibility index (Phi) is 3.49. The van der Waals surface area contributed by atoms with E-state index >= 15 is 0 Å². The molecule has 5 nitrogen and oxygen atoms in total. The molecule has 108 valence electrons. The summed E-state index contributed by atoms with van der Waals surface area (Å²) in [5.74, 6) is -0.815. The molecule has 0 spiro atoms. The highest BCUT2D eigenvalue weighted by atomic mass is 16.4. The second kappa shape index (κ2) is 4.69. The minimum atomic E-state index is -0.815. The van der Waals surface area contributed by atoms with Gasteiger partial charge in [-0.2, -0.15) is 0 Å². The Bertz CT molecular complexity index is 394. The van der Waals surface area contributed by atoms with Gasteiger partial charge in [0.15, 0.2) is 0 Å². The molecule has 0 aromatic heterocycles. The van der Waals surface area contributed by atoms with E-state index < -0.39 is 11.4 Å². The number of carboxylic acid groups (broad SMARTS) is 1. The van der Waals surface area contributed by atoms with Gasteiger partial charge in [0, 0.05) is 19.1 Å². The van der Waals surface area contributed by atoms with Crippen LogP contribution in [0.4, 0.5) is 4.79 Å². The Balaban J connectivity index is 1.87. The van der Waals surface area contributed by atoms with Crippen molar-refractivity contribution in [3.63, 3.8) is 0 Å². The third kappa shape index (κ3) is 3.01. The first-order valence-corrected chi connectivity index (χ1v) is 7.01. The first-order valence-electron chi connectivity index (χ1n) is 7.01. The summed E-state index contributed by atoms with van der Waals surface area (Å²) in [6, 6.07) is 0.131. The van der Waals surface area contributed by atoms with Crippen molar-refractivity contribution in [2.45, 2.75) is 52.5 Å². The number of rotatable bonds is 2. The van der Waals surface area contributed by atoms with Gasteiger partial charge in [-0.1, -0.05) is 13.8 Å². The zero-order chi connectivity index (χ0) is 14.3. The van der Waals surface area contributed by atoms with Crippen molar-refractivity contribution in [1.29, 1.82) is 0 Å². The van der Waals surface area contributed by atoms with Gasteiger partial charge < -0.3 is 15.3 Å². The van der Waals surface area contributed by atoms with Crippen molar-refractivity contribution in [2.24, 2.45) is 10.8 Å². The van der Waals surface area contributed by atoms with E-state index in [2.05, 4.69) is 19.2 Å². The molecule has 0 bridgehead atoms. The molecule has 1 saturated carbocycles. The molecule has 2 fully saturated rings. The Labute approximate surface area is 114 Å². The molecule has 19 heavy (non-hydrogen) atoms. The van der Waals surface area contributed by atoms with E-state index in [0.29, 0.717) is 24.9 Å². The average molecular weight is 268 g/mol. The van der Waals surface area contributed by atoms with Crippen LogP contribution in [0.25, 0.3) is 0 Å². The van der Waals surface area contributed by atoms with Crippen LogP contribution in [0, 0.1) is 10.8 Å². The van der Waals surface area contributed by atoms with Gasteiger partial charge in [0.05, 0.1) is 5.41 Å². The predicted molar refractivity (Wildman–Crippen MR) is 71.9 cm³/mol. The molecule has 1 saturated heterocycles. The second-order valence-corrected chi connectivity index (χ2v) is 7.09. The van der Waals surface area contributed by atoms with Crippen molar-refractivity contribution >= 4 is 12.0 Å². The maximum atomic E-state index is 12.1. The quantitative estimate of drug-likeness (QED) is 0.805. The van der Waals surface area contributed by atoms with Gasteiger partial charge in [-0.15, -0.1) is 0 Å². The van der Waals surface area contributed by atoms with E-state index in [-0.39, 0.29) is 12.1 Å². The molecular weight excluding hydrogens is 244 g/mol. The molecule has 1 aliphatic heterocycles. The summed E-state index contributed by atoms with van der Waals surface area (Å²) in [5.41, 5.74) is -0.481. The lowest BCUT2D eigenvalue weighted by Crippen LogP contribution is -2.44. The van der Waals surface area contributed by atoms with E-state index in [0.717, 1.165) is 19.3 Å². The van der Waals surface area contributed by atoms with Gasteiger partial charge in [-0.05, 0) is 38.0 Å². The third-order valence-electron chi connectivity index (χ3n) is 4.57. The molecule has 2 N–H and O–H groups in total. The number of carbonyl (C=O) groups excluding carboxylic acids is 1. The van der Waals surface area contributed by atoms with Crippen LogP contribution in [-0.2, 0) is 4.79 Å². The molecule has 0 aromatic rings. The maximum absolute atomic E-state index is 12.1. The Hall–Kier alpha value is -1.26. The number of likely N-dealkylation sites (tertiary alicyclic amines) is 1. The summed E-state index contributed by atoms with van der Waals surface area (Å²) >= 11 is 0. The molecule has 1 aliphatic carbocycles. The van der Waals surface area contributed by atoms with Crippen LogP contribution in [0.5, 0.6) is 0 Å². The fourth-order valence-electron chi connectivity index (χ4n) is 3.13. The Morgan fingerprint density at radius 1 is 1.26 bits per heavy atom. The van der Waals surface area contributed by atoms with Crippen molar-refractivity contribution in [2.75, 3.05) is 13.1 Å². The van der Waals surface area contributed by atoms with Crippen LogP contribution >= 0.6 is 0 Å². The van der Waals surface area contributed by atoms with Crippen LogP contribution in [0.1, 0.15) is 46.5 Å². The number of nitrogens with zero attached hydrogens (tertiary/aromatic N) is 1. The molecule has 2 atom stereocenters. The SMILES string of the molecule is CC1(C)CCC(NC(=O)N2CCC(C)(C(=O)O)C2)C1. The number of carboxylic acids is 1. The van der Waals surface area contributed by atoms with Gasteiger partial charge in [0.1, 0.15) is 0 Å². The van der Waals surface area contributed by atoms with Crippen molar-refractivity contribution in [3.8, 4) is 0 Å². The van der Waals surface area contributed by atoms with E-state index in [1.165, 1.54) is 0 Å². The average Bonchev–Trinajstić information content (AvgIpc) is 2.83. The predicted octanol–water partition coefficient (Wildman–Crippen LogP) is 2.07. The fraction of sp³-hybridized carbons (Fsp3) is 0.857. The lowest BCUT2D eigenvalue weighted by Gasteiger charge is -2.23.